The zero-order valence-electron chi connectivity index (χ0n) is 12.5. The minimum Gasteiger partial charge on any atom is -0.476 e. The van der Waals surface area contributed by atoms with Crippen molar-refractivity contribution in [2.75, 3.05) is 6.54 Å². The summed E-state index contributed by atoms with van der Waals surface area (Å²) in [4.78, 5) is 26.4. The molecule has 118 valence electrons. The number of nitrogens with zero attached hydrogens (tertiary/aromatic N) is 1. The van der Waals surface area contributed by atoms with Crippen molar-refractivity contribution in [2.24, 2.45) is 17.6 Å². The van der Waals surface area contributed by atoms with Gasteiger partial charge in [0.15, 0.2) is 5.69 Å². The molecule has 0 radical (unpaired) electrons. The number of carboxylic acid groups (broad SMARTS) is 1. The summed E-state index contributed by atoms with van der Waals surface area (Å²) in [6.07, 6.45) is 2.21. The Morgan fingerprint density at radius 2 is 2.14 bits per heavy atom. The third-order valence-electron chi connectivity index (χ3n) is 3.43. The molecule has 0 aliphatic carbocycles. The fraction of sp³-hybridized carbons (Fsp3) is 0.643. The summed E-state index contributed by atoms with van der Waals surface area (Å²) in [7, 11) is 0. The second kappa shape index (κ2) is 8.74. The monoisotopic (exact) mass is 313 g/mol. The molecule has 1 aromatic rings. The van der Waals surface area contributed by atoms with E-state index in [1.54, 1.807) is 0 Å². The first-order chi connectivity index (χ1) is 9.93. The summed E-state index contributed by atoms with van der Waals surface area (Å²) in [6.45, 7) is 5.20. The first kappa shape index (κ1) is 17.6. The van der Waals surface area contributed by atoms with Crippen LogP contribution in [0.15, 0.2) is 5.38 Å². The second-order valence-electron chi connectivity index (χ2n) is 5.33. The van der Waals surface area contributed by atoms with Crippen LogP contribution < -0.4 is 11.1 Å². The Hall–Kier alpha value is -1.47. The van der Waals surface area contributed by atoms with E-state index < -0.39 is 5.97 Å². The number of amides is 1. The molecule has 0 aliphatic heterocycles. The van der Waals surface area contributed by atoms with Crippen LogP contribution in [0.4, 0.5) is 0 Å². The average molecular weight is 313 g/mol. The summed E-state index contributed by atoms with van der Waals surface area (Å²) >= 11 is 1.23. The number of carboxylic acids is 1. The van der Waals surface area contributed by atoms with E-state index in [1.165, 1.54) is 16.7 Å². The molecule has 0 saturated carbocycles. The largest absolute Gasteiger partial charge is 0.476 e. The van der Waals surface area contributed by atoms with Crippen LogP contribution in [-0.2, 0) is 11.3 Å². The van der Waals surface area contributed by atoms with Crippen LogP contribution in [0, 0.1) is 11.8 Å². The highest BCUT2D eigenvalue weighted by atomic mass is 32.1. The standard InChI is InChI=1S/C14H23N3O3S/c1-9(2)10(5-6-15)3-4-12(18)16-7-13-17-11(8-21-13)14(19)20/h8-10H,3-7,15H2,1-2H3,(H,16,18)(H,19,20). The van der Waals surface area contributed by atoms with E-state index in [1.807, 2.05) is 0 Å². The van der Waals surface area contributed by atoms with Crippen molar-refractivity contribution >= 4 is 23.2 Å². The molecule has 0 aliphatic rings. The highest BCUT2D eigenvalue weighted by Crippen LogP contribution is 2.20. The number of hydrogen-bond donors (Lipinski definition) is 3. The summed E-state index contributed by atoms with van der Waals surface area (Å²) in [6, 6.07) is 0. The number of hydrogen-bond acceptors (Lipinski definition) is 5. The second-order valence-corrected chi connectivity index (χ2v) is 6.27. The number of rotatable bonds is 9. The van der Waals surface area contributed by atoms with Crippen LogP contribution >= 0.6 is 11.3 Å². The minimum atomic E-state index is -1.05. The van der Waals surface area contributed by atoms with Crippen molar-refractivity contribution in [1.82, 2.24) is 10.3 Å². The van der Waals surface area contributed by atoms with Crippen molar-refractivity contribution in [3.8, 4) is 0 Å². The van der Waals surface area contributed by atoms with Gasteiger partial charge in [-0.3, -0.25) is 4.79 Å². The Balaban J connectivity index is 2.34. The third-order valence-corrected chi connectivity index (χ3v) is 4.28. The smallest absolute Gasteiger partial charge is 0.355 e. The van der Waals surface area contributed by atoms with E-state index in [4.69, 9.17) is 10.8 Å². The van der Waals surface area contributed by atoms with Crippen molar-refractivity contribution in [3.05, 3.63) is 16.1 Å². The normalized spacial score (nSPS) is 12.4. The molecule has 4 N–H and O–H groups in total. The van der Waals surface area contributed by atoms with Gasteiger partial charge in [0.2, 0.25) is 5.91 Å². The molecule has 7 heteroatoms. The first-order valence-electron chi connectivity index (χ1n) is 7.08. The lowest BCUT2D eigenvalue weighted by Gasteiger charge is -2.19. The maximum Gasteiger partial charge on any atom is 0.355 e. The molecule has 1 heterocycles. The van der Waals surface area contributed by atoms with Gasteiger partial charge in [-0.25, -0.2) is 9.78 Å². The number of carbonyl (C=O) groups is 2. The molecular weight excluding hydrogens is 290 g/mol. The molecule has 1 atom stereocenters. The van der Waals surface area contributed by atoms with E-state index in [0.29, 0.717) is 29.8 Å². The van der Waals surface area contributed by atoms with Gasteiger partial charge in [0.1, 0.15) is 5.01 Å². The predicted octanol–water partition coefficient (Wildman–Crippen LogP) is 1.86. The van der Waals surface area contributed by atoms with Gasteiger partial charge in [0.25, 0.3) is 0 Å². The molecule has 1 rings (SSSR count). The van der Waals surface area contributed by atoms with Crippen LogP contribution in [0.25, 0.3) is 0 Å². The number of carbonyl (C=O) groups excluding carboxylic acids is 1. The molecule has 0 spiro atoms. The van der Waals surface area contributed by atoms with Gasteiger partial charge in [-0.2, -0.15) is 0 Å². The molecule has 0 aromatic carbocycles. The SMILES string of the molecule is CC(C)C(CCN)CCC(=O)NCc1nc(C(=O)O)cs1. The maximum atomic E-state index is 11.8. The molecule has 21 heavy (non-hydrogen) atoms. The summed E-state index contributed by atoms with van der Waals surface area (Å²) in [5.41, 5.74) is 5.60. The first-order valence-corrected chi connectivity index (χ1v) is 7.96. The van der Waals surface area contributed by atoms with Crippen molar-refractivity contribution in [1.29, 1.82) is 0 Å². The predicted molar refractivity (Wildman–Crippen MR) is 82.2 cm³/mol. The van der Waals surface area contributed by atoms with Gasteiger partial charge in [-0.15, -0.1) is 11.3 Å². The number of aromatic carboxylic acids is 1. The Bertz CT molecular complexity index is 474. The zero-order chi connectivity index (χ0) is 15.8. The highest BCUT2D eigenvalue weighted by Gasteiger charge is 2.15. The molecule has 0 bridgehead atoms. The fourth-order valence-corrected chi connectivity index (χ4v) is 2.80. The Kier molecular flexibility index (Phi) is 7.31. The van der Waals surface area contributed by atoms with E-state index in [0.717, 1.165) is 12.8 Å². The van der Waals surface area contributed by atoms with Crippen LogP contribution in [0.1, 0.15) is 48.6 Å². The van der Waals surface area contributed by atoms with Crippen LogP contribution in [-0.4, -0.2) is 28.5 Å². The number of aromatic nitrogens is 1. The lowest BCUT2D eigenvalue weighted by molar-refractivity contribution is -0.121. The van der Waals surface area contributed by atoms with Gasteiger partial charge < -0.3 is 16.2 Å². The van der Waals surface area contributed by atoms with Gasteiger partial charge in [0, 0.05) is 11.8 Å². The van der Waals surface area contributed by atoms with Crippen LogP contribution in [0.3, 0.4) is 0 Å². The van der Waals surface area contributed by atoms with Crippen LogP contribution in [0.5, 0.6) is 0 Å². The number of nitrogens with two attached hydrogens (primary N) is 1. The fourth-order valence-electron chi connectivity index (χ4n) is 2.09. The minimum absolute atomic E-state index is 0.0204. The van der Waals surface area contributed by atoms with Gasteiger partial charge >= 0.3 is 5.97 Å². The van der Waals surface area contributed by atoms with Crippen molar-refractivity contribution in [2.45, 2.75) is 39.7 Å². The molecule has 6 nitrogen and oxygen atoms in total. The molecule has 1 amide bonds. The van der Waals surface area contributed by atoms with Gasteiger partial charge in [0.05, 0.1) is 6.54 Å². The van der Waals surface area contributed by atoms with Crippen molar-refractivity contribution < 1.29 is 14.7 Å². The highest BCUT2D eigenvalue weighted by molar-refractivity contribution is 7.09. The Morgan fingerprint density at radius 3 is 2.67 bits per heavy atom. The molecule has 1 unspecified atom stereocenters. The van der Waals surface area contributed by atoms with E-state index in [9.17, 15) is 9.59 Å². The summed E-state index contributed by atoms with van der Waals surface area (Å²) < 4.78 is 0. The number of nitrogens with one attached hydrogen (secondary N) is 1. The van der Waals surface area contributed by atoms with Crippen molar-refractivity contribution in [3.63, 3.8) is 0 Å². The lowest BCUT2D eigenvalue weighted by atomic mass is 9.88. The topological polar surface area (TPSA) is 105 Å². The third kappa shape index (κ3) is 6.22. The van der Waals surface area contributed by atoms with Gasteiger partial charge in [-0.05, 0) is 31.2 Å². The summed E-state index contributed by atoms with van der Waals surface area (Å²) in [5.74, 6) is -0.118. The van der Waals surface area contributed by atoms with E-state index in [-0.39, 0.29) is 18.1 Å². The van der Waals surface area contributed by atoms with Gasteiger partial charge in [-0.1, -0.05) is 13.8 Å². The molecular formula is C14H23N3O3S. The molecule has 0 saturated heterocycles. The van der Waals surface area contributed by atoms with Crippen LogP contribution in [0.2, 0.25) is 0 Å². The Morgan fingerprint density at radius 1 is 1.43 bits per heavy atom. The van der Waals surface area contributed by atoms with E-state index in [2.05, 4.69) is 24.1 Å². The quantitative estimate of drug-likeness (QED) is 0.645. The van der Waals surface area contributed by atoms with E-state index >= 15 is 0 Å². The number of thiazole rings is 1. The zero-order valence-corrected chi connectivity index (χ0v) is 13.3. The maximum absolute atomic E-state index is 11.8. The lowest BCUT2D eigenvalue weighted by Crippen LogP contribution is -2.24. The summed E-state index contributed by atoms with van der Waals surface area (Å²) in [5, 5.41) is 13.6. The average Bonchev–Trinajstić information content (AvgIpc) is 2.89. The molecule has 0 fully saturated rings. The molecule has 1 aromatic heterocycles. The Labute approximate surface area is 128 Å².